The molecule has 5 heteroatoms. The predicted octanol–water partition coefficient (Wildman–Crippen LogP) is 3.24. The van der Waals surface area contributed by atoms with Gasteiger partial charge in [-0.05, 0) is 50.9 Å². The smallest absolute Gasteiger partial charge is 0.291 e. The summed E-state index contributed by atoms with van der Waals surface area (Å²) in [5.41, 5.74) is 1.68. The Hall–Kier alpha value is -1.88. The second kappa shape index (κ2) is 10.2. The lowest BCUT2D eigenvalue weighted by molar-refractivity contribution is 0.0963. The largest absolute Gasteiger partial charge is 0.465 e. The number of aliphatic imine (C=N–C) groups is 1. The number of piperidine rings is 1. The van der Waals surface area contributed by atoms with Gasteiger partial charge in [-0.3, -0.25) is 10.1 Å². The van der Waals surface area contributed by atoms with Crippen molar-refractivity contribution in [2.45, 2.75) is 40.0 Å². The summed E-state index contributed by atoms with van der Waals surface area (Å²) >= 11 is 0. The molecule has 1 saturated heterocycles. The highest BCUT2D eigenvalue weighted by atomic mass is 16.5. The van der Waals surface area contributed by atoms with Crippen LogP contribution in [-0.4, -0.2) is 49.6 Å². The summed E-state index contributed by atoms with van der Waals surface area (Å²) in [6.45, 7) is 10.5. The van der Waals surface area contributed by atoms with Gasteiger partial charge in [0.1, 0.15) is 0 Å². The van der Waals surface area contributed by atoms with Gasteiger partial charge in [-0.2, -0.15) is 0 Å². The van der Waals surface area contributed by atoms with Crippen LogP contribution in [0.2, 0.25) is 0 Å². The molecule has 25 heavy (non-hydrogen) atoms. The van der Waals surface area contributed by atoms with Gasteiger partial charge < -0.3 is 9.64 Å². The third-order valence-corrected chi connectivity index (χ3v) is 4.17. The maximum absolute atomic E-state index is 12.4. The van der Waals surface area contributed by atoms with Crippen LogP contribution in [0.5, 0.6) is 0 Å². The highest BCUT2D eigenvalue weighted by molar-refractivity contribution is 6.04. The highest BCUT2D eigenvalue weighted by Gasteiger charge is 2.12. The molecule has 1 heterocycles. The first-order valence-electron chi connectivity index (χ1n) is 9.32. The molecule has 2 rings (SSSR count). The number of hydrogen-bond donors (Lipinski definition) is 1. The zero-order chi connectivity index (χ0) is 18.1. The summed E-state index contributed by atoms with van der Waals surface area (Å²) in [5.74, 6) is 0.201. The fourth-order valence-electron chi connectivity index (χ4n) is 2.80. The van der Waals surface area contributed by atoms with Crippen molar-refractivity contribution in [3.63, 3.8) is 0 Å². The van der Waals surface area contributed by atoms with E-state index < -0.39 is 0 Å². The SMILES string of the molecule is Cc1cccc(C(=O)NC(=NCCN2CCCCC2)OCC(C)C)c1. The van der Waals surface area contributed by atoms with Gasteiger partial charge in [-0.1, -0.05) is 38.0 Å². The Balaban J connectivity index is 1.93. The first-order chi connectivity index (χ1) is 12.0. The molecule has 1 amide bonds. The van der Waals surface area contributed by atoms with Gasteiger partial charge >= 0.3 is 0 Å². The zero-order valence-electron chi connectivity index (χ0n) is 15.8. The lowest BCUT2D eigenvalue weighted by atomic mass is 10.1. The van der Waals surface area contributed by atoms with Crippen LogP contribution in [-0.2, 0) is 4.74 Å². The summed E-state index contributed by atoms with van der Waals surface area (Å²) in [5, 5.41) is 2.82. The van der Waals surface area contributed by atoms with Gasteiger partial charge in [-0.15, -0.1) is 0 Å². The van der Waals surface area contributed by atoms with Crippen LogP contribution in [0, 0.1) is 12.8 Å². The average molecular weight is 345 g/mol. The second-order valence-electron chi connectivity index (χ2n) is 7.12. The Morgan fingerprint density at radius 3 is 2.72 bits per heavy atom. The number of nitrogens with zero attached hydrogens (tertiary/aromatic N) is 2. The van der Waals surface area contributed by atoms with Gasteiger partial charge in [0.25, 0.3) is 11.9 Å². The van der Waals surface area contributed by atoms with E-state index in [4.69, 9.17) is 4.74 Å². The molecule has 138 valence electrons. The Bertz CT molecular complexity index is 578. The lowest BCUT2D eigenvalue weighted by Crippen LogP contribution is -2.35. The number of amides is 1. The van der Waals surface area contributed by atoms with E-state index in [1.54, 1.807) is 6.07 Å². The van der Waals surface area contributed by atoms with Crippen LogP contribution < -0.4 is 5.32 Å². The minimum Gasteiger partial charge on any atom is -0.465 e. The van der Waals surface area contributed by atoms with Crippen LogP contribution >= 0.6 is 0 Å². The minimum atomic E-state index is -0.177. The molecule has 1 aliphatic rings. The molecule has 0 radical (unpaired) electrons. The van der Waals surface area contributed by atoms with Gasteiger partial charge in [-0.25, -0.2) is 4.99 Å². The molecule has 0 unspecified atom stereocenters. The molecule has 0 aromatic heterocycles. The van der Waals surface area contributed by atoms with Crippen molar-refractivity contribution in [3.8, 4) is 0 Å². The van der Waals surface area contributed by atoms with Crippen molar-refractivity contribution >= 4 is 11.9 Å². The third kappa shape index (κ3) is 7.26. The van der Waals surface area contributed by atoms with E-state index in [1.165, 1.54) is 19.3 Å². The molecule has 1 aromatic rings. The van der Waals surface area contributed by atoms with E-state index in [9.17, 15) is 4.79 Å². The molecule has 1 aliphatic heterocycles. The minimum absolute atomic E-state index is 0.177. The van der Waals surface area contributed by atoms with Crippen molar-refractivity contribution < 1.29 is 9.53 Å². The standard InChI is InChI=1S/C20H31N3O2/c1-16(2)15-25-20(21-10-13-23-11-5-4-6-12-23)22-19(24)18-9-7-8-17(3)14-18/h7-9,14,16H,4-6,10-13,15H2,1-3H3,(H,21,22,24). The van der Waals surface area contributed by atoms with Crippen LogP contribution in [0.4, 0.5) is 0 Å². The van der Waals surface area contributed by atoms with E-state index >= 15 is 0 Å². The van der Waals surface area contributed by atoms with Crippen molar-refractivity contribution in [1.82, 2.24) is 10.2 Å². The topological polar surface area (TPSA) is 53.9 Å². The molecule has 1 fully saturated rings. The molecular weight excluding hydrogens is 314 g/mol. The monoisotopic (exact) mass is 345 g/mol. The van der Waals surface area contributed by atoms with Gasteiger partial charge in [0.2, 0.25) is 0 Å². The number of carbonyl (C=O) groups excluding carboxylic acids is 1. The zero-order valence-corrected chi connectivity index (χ0v) is 15.8. The fraction of sp³-hybridized carbons (Fsp3) is 0.600. The molecule has 1 aromatic carbocycles. The molecule has 5 nitrogen and oxygen atoms in total. The molecule has 0 bridgehead atoms. The number of nitrogens with one attached hydrogen (secondary N) is 1. The molecular formula is C20H31N3O2. The van der Waals surface area contributed by atoms with E-state index in [0.29, 0.717) is 30.7 Å². The maximum atomic E-state index is 12.4. The molecule has 0 aliphatic carbocycles. The number of likely N-dealkylation sites (tertiary alicyclic amines) is 1. The fourth-order valence-corrected chi connectivity index (χ4v) is 2.80. The van der Waals surface area contributed by atoms with Crippen molar-refractivity contribution in [3.05, 3.63) is 35.4 Å². The summed E-state index contributed by atoms with van der Waals surface area (Å²) in [4.78, 5) is 19.4. The van der Waals surface area contributed by atoms with Crippen molar-refractivity contribution in [2.75, 3.05) is 32.8 Å². The Morgan fingerprint density at radius 1 is 1.28 bits per heavy atom. The highest BCUT2D eigenvalue weighted by Crippen LogP contribution is 2.08. The van der Waals surface area contributed by atoms with E-state index in [2.05, 4.69) is 29.1 Å². The quantitative estimate of drug-likeness (QED) is 0.636. The number of ether oxygens (including phenoxy) is 1. The Labute approximate surface area is 151 Å². The number of hydrogen-bond acceptors (Lipinski definition) is 4. The van der Waals surface area contributed by atoms with E-state index in [0.717, 1.165) is 25.2 Å². The number of amidine groups is 1. The van der Waals surface area contributed by atoms with Crippen LogP contribution in [0.15, 0.2) is 29.3 Å². The Kier molecular flexibility index (Phi) is 7.92. The van der Waals surface area contributed by atoms with Gasteiger partial charge in [0.15, 0.2) is 0 Å². The van der Waals surface area contributed by atoms with E-state index in [1.807, 2.05) is 25.1 Å². The number of rotatable bonds is 6. The van der Waals surface area contributed by atoms with Crippen molar-refractivity contribution in [2.24, 2.45) is 10.9 Å². The lowest BCUT2D eigenvalue weighted by Gasteiger charge is -2.25. The summed E-state index contributed by atoms with van der Waals surface area (Å²) in [6.07, 6.45) is 3.87. The maximum Gasteiger partial charge on any atom is 0.291 e. The normalized spacial score (nSPS) is 16.1. The van der Waals surface area contributed by atoms with Gasteiger partial charge in [0.05, 0.1) is 13.2 Å². The van der Waals surface area contributed by atoms with Crippen molar-refractivity contribution in [1.29, 1.82) is 0 Å². The molecule has 0 saturated carbocycles. The second-order valence-corrected chi connectivity index (χ2v) is 7.12. The summed E-state index contributed by atoms with van der Waals surface area (Å²) in [7, 11) is 0. The first kappa shape index (κ1) is 19.4. The molecule has 0 spiro atoms. The van der Waals surface area contributed by atoms with E-state index in [-0.39, 0.29) is 5.91 Å². The number of carbonyl (C=O) groups is 1. The molecule has 1 N–H and O–H groups in total. The number of benzene rings is 1. The van der Waals surface area contributed by atoms with Crippen LogP contribution in [0.1, 0.15) is 49.0 Å². The van der Waals surface area contributed by atoms with Crippen LogP contribution in [0.3, 0.4) is 0 Å². The Morgan fingerprint density at radius 2 is 2.04 bits per heavy atom. The summed E-state index contributed by atoms with van der Waals surface area (Å²) in [6, 6.07) is 7.85. The first-order valence-corrected chi connectivity index (χ1v) is 9.32. The van der Waals surface area contributed by atoms with Crippen LogP contribution in [0.25, 0.3) is 0 Å². The average Bonchev–Trinajstić information content (AvgIpc) is 2.60. The summed E-state index contributed by atoms with van der Waals surface area (Å²) < 4.78 is 5.71. The van der Waals surface area contributed by atoms with Gasteiger partial charge in [0, 0.05) is 12.1 Å². The predicted molar refractivity (Wildman–Crippen MR) is 102 cm³/mol. The third-order valence-electron chi connectivity index (χ3n) is 4.17. The number of aryl methyl sites for hydroxylation is 1. The molecule has 0 atom stereocenters.